The van der Waals surface area contributed by atoms with Gasteiger partial charge in [0, 0.05) is 0 Å². The van der Waals surface area contributed by atoms with E-state index in [2.05, 4.69) is 0 Å². The minimum Gasteiger partial charge on any atom is -0.342 e. The van der Waals surface area contributed by atoms with Gasteiger partial charge in [-0.3, -0.25) is 0 Å². The Kier molecular flexibility index (Phi) is 2.43. The molecule has 1 heterocycles. The van der Waals surface area contributed by atoms with E-state index < -0.39 is 29.3 Å². The van der Waals surface area contributed by atoms with E-state index in [0.29, 0.717) is 0 Å². The number of aromatic nitrogens is 1. The van der Waals surface area contributed by atoms with E-state index >= 15 is 0 Å². The van der Waals surface area contributed by atoms with Gasteiger partial charge < -0.3 is 4.98 Å². The maximum atomic E-state index is 12.1. The molecule has 15 heavy (non-hydrogen) atoms. The van der Waals surface area contributed by atoms with E-state index in [1.165, 1.54) is 4.98 Å². The van der Waals surface area contributed by atoms with Crippen LogP contribution in [-0.4, -0.2) is 4.98 Å². The van der Waals surface area contributed by atoms with Crippen LogP contribution < -0.4 is 0 Å². The number of nitrogens with one attached hydrogen (secondary N) is 1. The molecule has 1 aromatic rings. The summed E-state index contributed by atoms with van der Waals surface area (Å²) >= 11 is 0. The number of alkyl halides is 6. The molecule has 2 nitrogen and oxygen atoms in total. The Bertz CT molecular complexity index is 405. The minimum absolute atomic E-state index is 0.126. The Hall–Kier alpha value is -1.65. The van der Waals surface area contributed by atoms with E-state index in [1.54, 1.807) is 0 Å². The van der Waals surface area contributed by atoms with Crippen LogP contribution in [-0.2, 0) is 12.4 Å². The van der Waals surface area contributed by atoms with Crippen LogP contribution in [0.4, 0.5) is 26.3 Å². The lowest BCUT2D eigenvalue weighted by atomic mass is 10.2. The zero-order valence-corrected chi connectivity index (χ0v) is 6.79. The Morgan fingerprint density at radius 2 is 1.60 bits per heavy atom. The van der Waals surface area contributed by atoms with Crippen LogP contribution in [0.5, 0.6) is 0 Å². The molecule has 0 radical (unpaired) electrons. The van der Waals surface area contributed by atoms with Crippen LogP contribution in [0.15, 0.2) is 6.07 Å². The summed E-state index contributed by atoms with van der Waals surface area (Å²) in [6.45, 7) is 0. The first-order chi connectivity index (χ1) is 6.66. The maximum absolute atomic E-state index is 12.1. The topological polar surface area (TPSA) is 39.6 Å². The van der Waals surface area contributed by atoms with Crippen LogP contribution >= 0.6 is 0 Å². The van der Waals surface area contributed by atoms with Gasteiger partial charge in [-0.15, -0.1) is 0 Å². The second kappa shape index (κ2) is 3.18. The molecular formula is C7H2F6N2. The fraction of sp³-hybridized carbons (Fsp3) is 0.286. The first-order valence-corrected chi connectivity index (χ1v) is 3.43. The molecule has 8 heteroatoms. The van der Waals surface area contributed by atoms with Gasteiger partial charge in [-0.1, -0.05) is 0 Å². The van der Waals surface area contributed by atoms with Crippen LogP contribution in [0.1, 0.15) is 17.0 Å². The summed E-state index contributed by atoms with van der Waals surface area (Å²) in [5, 5.41) is 8.21. The molecule has 0 saturated heterocycles. The predicted octanol–water partition coefficient (Wildman–Crippen LogP) is 2.92. The van der Waals surface area contributed by atoms with Gasteiger partial charge in [-0.05, 0) is 6.07 Å². The van der Waals surface area contributed by atoms with Crippen molar-refractivity contribution < 1.29 is 26.3 Å². The molecule has 82 valence electrons. The quantitative estimate of drug-likeness (QED) is 0.681. The summed E-state index contributed by atoms with van der Waals surface area (Å²) in [6.07, 6.45) is -9.92. The molecule has 0 saturated carbocycles. The number of hydrogen-bond acceptors (Lipinski definition) is 1. The van der Waals surface area contributed by atoms with E-state index in [4.69, 9.17) is 5.26 Å². The summed E-state index contributed by atoms with van der Waals surface area (Å²) in [5.74, 6) is 0. The van der Waals surface area contributed by atoms with Crippen LogP contribution in [0.25, 0.3) is 0 Å². The van der Waals surface area contributed by atoms with Crippen molar-refractivity contribution in [2.45, 2.75) is 12.4 Å². The average Bonchev–Trinajstić information content (AvgIpc) is 2.44. The van der Waals surface area contributed by atoms with Crippen molar-refractivity contribution in [3.63, 3.8) is 0 Å². The monoisotopic (exact) mass is 228 g/mol. The Morgan fingerprint density at radius 3 is 1.87 bits per heavy atom. The van der Waals surface area contributed by atoms with Crippen LogP contribution in [0.2, 0.25) is 0 Å². The summed E-state index contributed by atoms with van der Waals surface area (Å²) in [6, 6.07) is 0.893. The van der Waals surface area contributed by atoms with E-state index in [1.807, 2.05) is 0 Å². The van der Waals surface area contributed by atoms with Gasteiger partial charge in [-0.2, -0.15) is 31.6 Å². The molecule has 0 amide bonds. The highest BCUT2D eigenvalue weighted by Gasteiger charge is 2.40. The minimum atomic E-state index is -4.98. The third-order valence-electron chi connectivity index (χ3n) is 1.54. The molecule has 1 aromatic heterocycles. The number of rotatable bonds is 0. The third kappa shape index (κ3) is 2.23. The summed E-state index contributed by atoms with van der Waals surface area (Å²) in [4.78, 5) is 1.37. The van der Waals surface area contributed by atoms with E-state index in [9.17, 15) is 26.3 Å². The third-order valence-corrected chi connectivity index (χ3v) is 1.54. The summed E-state index contributed by atoms with van der Waals surface area (Å²) in [5.41, 5.74) is -4.35. The van der Waals surface area contributed by atoms with Gasteiger partial charge in [-0.25, -0.2) is 0 Å². The van der Waals surface area contributed by atoms with Gasteiger partial charge in [0.25, 0.3) is 0 Å². The molecule has 0 fully saturated rings. The van der Waals surface area contributed by atoms with Crippen molar-refractivity contribution in [1.82, 2.24) is 4.98 Å². The lowest BCUT2D eigenvalue weighted by molar-refractivity contribution is -0.142. The number of nitriles is 1. The number of H-pyrrole nitrogens is 1. The van der Waals surface area contributed by atoms with Gasteiger partial charge in [0.2, 0.25) is 0 Å². The first kappa shape index (κ1) is 11.4. The van der Waals surface area contributed by atoms with Crippen molar-refractivity contribution in [3.8, 4) is 6.07 Å². The van der Waals surface area contributed by atoms with Gasteiger partial charge in [0.15, 0.2) is 0 Å². The molecule has 0 bridgehead atoms. The molecule has 0 spiro atoms. The van der Waals surface area contributed by atoms with Gasteiger partial charge in [0.1, 0.15) is 17.5 Å². The highest BCUT2D eigenvalue weighted by molar-refractivity contribution is 5.37. The average molecular weight is 228 g/mol. The van der Waals surface area contributed by atoms with Gasteiger partial charge >= 0.3 is 12.4 Å². The number of halogens is 6. The van der Waals surface area contributed by atoms with Crippen molar-refractivity contribution in [3.05, 3.63) is 23.0 Å². The fourth-order valence-corrected chi connectivity index (χ4v) is 0.919. The molecule has 1 rings (SSSR count). The summed E-state index contributed by atoms with van der Waals surface area (Å²) < 4.78 is 72.3. The van der Waals surface area contributed by atoms with Crippen molar-refractivity contribution >= 4 is 0 Å². The zero-order chi connectivity index (χ0) is 11.9. The van der Waals surface area contributed by atoms with E-state index in [-0.39, 0.29) is 6.07 Å². The van der Waals surface area contributed by atoms with E-state index in [0.717, 1.165) is 6.07 Å². The second-order valence-electron chi connectivity index (χ2n) is 2.58. The predicted molar refractivity (Wildman–Crippen MR) is 35.5 cm³/mol. The normalized spacial score (nSPS) is 12.6. The molecule has 0 aromatic carbocycles. The van der Waals surface area contributed by atoms with Crippen LogP contribution in [0.3, 0.4) is 0 Å². The van der Waals surface area contributed by atoms with Crippen molar-refractivity contribution in [1.29, 1.82) is 5.26 Å². The molecule has 0 unspecified atom stereocenters. The van der Waals surface area contributed by atoms with Gasteiger partial charge in [0.05, 0.1) is 5.56 Å². The lowest BCUT2D eigenvalue weighted by Gasteiger charge is -2.02. The van der Waals surface area contributed by atoms with Crippen molar-refractivity contribution in [2.24, 2.45) is 0 Å². The highest BCUT2D eigenvalue weighted by Crippen LogP contribution is 2.36. The molecule has 0 aliphatic carbocycles. The maximum Gasteiger partial charge on any atom is 0.431 e. The first-order valence-electron chi connectivity index (χ1n) is 3.43. The number of aromatic amines is 1. The Labute approximate surface area is 79.1 Å². The number of nitrogens with zero attached hydrogens (tertiary/aromatic N) is 1. The zero-order valence-electron chi connectivity index (χ0n) is 6.79. The molecule has 0 atom stereocenters. The SMILES string of the molecule is N#Cc1[nH]c(C(F)(F)F)cc1C(F)(F)F. The second-order valence-corrected chi connectivity index (χ2v) is 2.58. The van der Waals surface area contributed by atoms with Crippen LogP contribution in [0, 0.1) is 11.3 Å². The standard InChI is InChI=1S/C7H2F6N2/c8-6(9,10)3-1-5(7(11,12)13)15-4(3)2-14/h1,15H. The molecule has 0 aliphatic heterocycles. The smallest absolute Gasteiger partial charge is 0.342 e. The summed E-state index contributed by atoms with van der Waals surface area (Å²) in [7, 11) is 0. The largest absolute Gasteiger partial charge is 0.431 e. The number of hydrogen-bond donors (Lipinski definition) is 1. The lowest BCUT2D eigenvalue weighted by Crippen LogP contribution is -2.06. The highest BCUT2D eigenvalue weighted by atomic mass is 19.4. The Morgan fingerprint density at radius 1 is 1.07 bits per heavy atom. The fourth-order valence-electron chi connectivity index (χ4n) is 0.919. The molecular weight excluding hydrogens is 226 g/mol. The molecule has 0 aliphatic rings. The molecule has 1 N–H and O–H groups in total. The van der Waals surface area contributed by atoms with Crippen molar-refractivity contribution in [2.75, 3.05) is 0 Å². The Balaban J connectivity index is 3.32.